The third kappa shape index (κ3) is 4.38. The van der Waals surface area contributed by atoms with Crippen LogP contribution in [0.1, 0.15) is 18.3 Å². The molecule has 0 fully saturated rings. The van der Waals surface area contributed by atoms with Crippen molar-refractivity contribution in [2.45, 2.75) is 26.8 Å². The van der Waals surface area contributed by atoms with Crippen molar-refractivity contribution in [2.24, 2.45) is 0 Å². The SMILES string of the molecule is CCOC(=O)Cc1csc(NC(=O)Cn2nccc2C)n1. The van der Waals surface area contributed by atoms with E-state index in [1.807, 2.05) is 13.0 Å². The maximum Gasteiger partial charge on any atom is 0.311 e. The molecule has 2 aromatic heterocycles. The Hall–Kier alpha value is -2.22. The van der Waals surface area contributed by atoms with Crippen LogP contribution in [0.3, 0.4) is 0 Å². The normalized spacial score (nSPS) is 10.4. The maximum atomic E-state index is 11.9. The van der Waals surface area contributed by atoms with Gasteiger partial charge in [0, 0.05) is 17.3 Å². The average Bonchev–Trinajstić information content (AvgIpc) is 3.00. The number of aryl methyl sites for hydroxylation is 1. The van der Waals surface area contributed by atoms with Crippen LogP contribution in [-0.2, 0) is 27.3 Å². The number of thiazole rings is 1. The van der Waals surface area contributed by atoms with Crippen LogP contribution >= 0.6 is 11.3 Å². The summed E-state index contributed by atoms with van der Waals surface area (Å²) >= 11 is 1.27. The molecule has 1 amide bonds. The summed E-state index contributed by atoms with van der Waals surface area (Å²) in [5, 5.41) is 8.92. The molecule has 1 N–H and O–H groups in total. The Balaban J connectivity index is 1.88. The molecule has 21 heavy (non-hydrogen) atoms. The molecular weight excluding hydrogens is 292 g/mol. The maximum absolute atomic E-state index is 11.9. The Morgan fingerprint density at radius 3 is 2.95 bits per heavy atom. The zero-order chi connectivity index (χ0) is 15.2. The minimum atomic E-state index is -0.326. The predicted octanol–water partition coefficient (Wildman–Crippen LogP) is 1.39. The van der Waals surface area contributed by atoms with Crippen LogP contribution in [-0.4, -0.2) is 33.2 Å². The van der Waals surface area contributed by atoms with E-state index in [-0.39, 0.29) is 24.8 Å². The first-order chi connectivity index (χ1) is 10.1. The van der Waals surface area contributed by atoms with Gasteiger partial charge in [0.15, 0.2) is 5.13 Å². The summed E-state index contributed by atoms with van der Waals surface area (Å²) in [7, 11) is 0. The highest BCUT2D eigenvalue weighted by Gasteiger charge is 2.11. The molecule has 0 bridgehead atoms. The number of hydrogen-bond donors (Lipinski definition) is 1. The number of carbonyl (C=O) groups excluding carboxylic acids is 2. The van der Waals surface area contributed by atoms with E-state index in [2.05, 4.69) is 15.4 Å². The van der Waals surface area contributed by atoms with E-state index in [1.165, 1.54) is 11.3 Å². The molecule has 0 aliphatic carbocycles. The van der Waals surface area contributed by atoms with Crippen molar-refractivity contribution in [3.8, 4) is 0 Å². The largest absolute Gasteiger partial charge is 0.466 e. The fraction of sp³-hybridized carbons (Fsp3) is 0.385. The molecule has 112 valence electrons. The van der Waals surface area contributed by atoms with Gasteiger partial charge >= 0.3 is 5.97 Å². The molecule has 0 saturated carbocycles. The molecule has 2 heterocycles. The quantitative estimate of drug-likeness (QED) is 0.815. The fourth-order valence-electron chi connectivity index (χ4n) is 1.66. The lowest BCUT2D eigenvalue weighted by atomic mass is 10.3. The zero-order valence-electron chi connectivity index (χ0n) is 11.8. The van der Waals surface area contributed by atoms with Crippen LogP contribution in [0.25, 0.3) is 0 Å². The summed E-state index contributed by atoms with van der Waals surface area (Å²) in [5.74, 6) is -0.535. The predicted molar refractivity (Wildman–Crippen MR) is 78.0 cm³/mol. The number of ether oxygens (including phenoxy) is 1. The van der Waals surface area contributed by atoms with Gasteiger partial charge in [0.05, 0.1) is 18.7 Å². The van der Waals surface area contributed by atoms with Gasteiger partial charge < -0.3 is 10.1 Å². The molecule has 2 rings (SSSR count). The van der Waals surface area contributed by atoms with Gasteiger partial charge in [0.25, 0.3) is 0 Å². The minimum absolute atomic E-state index is 0.110. The van der Waals surface area contributed by atoms with Gasteiger partial charge in [0.1, 0.15) is 6.54 Å². The smallest absolute Gasteiger partial charge is 0.311 e. The first-order valence-corrected chi connectivity index (χ1v) is 7.34. The second-order valence-corrected chi connectivity index (χ2v) is 5.16. The number of amides is 1. The van der Waals surface area contributed by atoms with E-state index in [4.69, 9.17) is 4.74 Å². The molecule has 0 spiro atoms. The third-order valence-electron chi connectivity index (χ3n) is 2.65. The molecule has 2 aromatic rings. The number of nitrogens with zero attached hydrogens (tertiary/aromatic N) is 3. The monoisotopic (exact) mass is 308 g/mol. The van der Waals surface area contributed by atoms with Crippen molar-refractivity contribution >= 4 is 28.3 Å². The Morgan fingerprint density at radius 2 is 2.29 bits per heavy atom. The van der Waals surface area contributed by atoms with Crippen molar-refractivity contribution in [1.29, 1.82) is 0 Å². The molecule has 0 aromatic carbocycles. The number of aromatic nitrogens is 3. The third-order valence-corrected chi connectivity index (χ3v) is 3.46. The van der Waals surface area contributed by atoms with Crippen molar-refractivity contribution < 1.29 is 14.3 Å². The first-order valence-electron chi connectivity index (χ1n) is 6.46. The summed E-state index contributed by atoms with van der Waals surface area (Å²) in [6, 6.07) is 1.83. The van der Waals surface area contributed by atoms with Crippen molar-refractivity contribution in [3.05, 3.63) is 29.0 Å². The first kappa shape index (κ1) is 15.2. The minimum Gasteiger partial charge on any atom is -0.466 e. The molecule has 7 nitrogen and oxygen atoms in total. The van der Waals surface area contributed by atoms with Crippen LogP contribution < -0.4 is 5.32 Å². The summed E-state index contributed by atoms with van der Waals surface area (Å²) in [6.45, 7) is 4.10. The van der Waals surface area contributed by atoms with Gasteiger partial charge in [-0.3, -0.25) is 14.3 Å². The highest BCUT2D eigenvalue weighted by molar-refractivity contribution is 7.13. The molecular formula is C13H16N4O3S. The zero-order valence-corrected chi connectivity index (χ0v) is 12.6. The lowest BCUT2D eigenvalue weighted by Crippen LogP contribution is -2.20. The molecule has 0 unspecified atom stereocenters. The van der Waals surface area contributed by atoms with Crippen LogP contribution in [0.4, 0.5) is 5.13 Å². The number of carbonyl (C=O) groups is 2. The van der Waals surface area contributed by atoms with Gasteiger partial charge in [-0.1, -0.05) is 0 Å². The Morgan fingerprint density at radius 1 is 1.48 bits per heavy atom. The highest BCUT2D eigenvalue weighted by atomic mass is 32.1. The van der Waals surface area contributed by atoms with Crippen LogP contribution in [0.15, 0.2) is 17.6 Å². The molecule has 8 heteroatoms. The average molecular weight is 308 g/mol. The van der Waals surface area contributed by atoms with Gasteiger partial charge in [-0.05, 0) is 19.9 Å². The second kappa shape index (κ2) is 6.98. The number of esters is 1. The van der Waals surface area contributed by atoms with E-state index in [0.29, 0.717) is 17.4 Å². The molecule has 0 aliphatic rings. The van der Waals surface area contributed by atoms with E-state index in [0.717, 1.165) is 5.69 Å². The highest BCUT2D eigenvalue weighted by Crippen LogP contribution is 2.16. The van der Waals surface area contributed by atoms with E-state index in [9.17, 15) is 9.59 Å². The van der Waals surface area contributed by atoms with Gasteiger partial charge in [0.2, 0.25) is 5.91 Å². The summed E-state index contributed by atoms with van der Waals surface area (Å²) in [5.41, 5.74) is 1.50. The topological polar surface area (TPSA) is 86.1 Å². The molecule has 0 atom stereocenters. The van der Waals surface area contributed by atoms with Gasteiger partial charge in [-0.2, -0.15) is 5.10 Å². The fourth-order valence-corrected chi connectivity index (χ4v) is 2.39. The number of anilines is 1. The van der Waals surface area contributed by atoms with E-state index < -0.39 is 0 Å². The second-order valence-electron chi connectivity index (χ2n) is 4.30. The molecule has 0 radical (unpaired) electrons. The van der Waals surface area contributed by atoms with Crippen molar-refractivity contribution in [2.75, 3.05) is 11.9 Å². The number of nitrogens with one attached hydrogen (secondary N) is 1. The lowest BCUT2D eigenvalue weighted by molar-refractivity contribution is -0.142. The van der Waals surface area contributed by atoms with E-state index in [1.54, 1.807) is 23.2 Å². The van der Waals surface area contributed by atoms with Crippen LogP contribution in [0.2, 0.25) is 0 Å². The van der Waals surface area contributed by atoms with Gasteiger partial charge in [-0.25, -0.2) is 4.98 Å². The number of rotatable bonds is 6. The van der Waals surface area contributed by atoms with E-state index >= 15 is 0 Å². The van der Waals surface area contributed by atoms with Crippen LogP contribution in [0, 0.1) is 6.92 Å². The summed E-state index contributed by atoms with van der Waals surface area (Å²) in [4.78, 5) is 27.4. The van der Waals surface area contributed by atoms with Crippen molar-refractivity contribution in [3.63, 3.8) is 0 Å². The Kier molecular flexibility index (Phi) is 5.04. The Bertz CT molecular complexity index is 635. The molecule has 0 saturated heterocycles. The standard InChI is InChI=1S/C13H16N4O3S/c1-3-20-12(19)6-10-8-21-13(15-10)16-11(18)7-17-9(2)4-5-14-17/h4-5,8H,3,6-7H2,1-2H3,(H,15,16,18). The number of hydrogen-bond acceptors (Lipinski definition) is 6. The lowest BCUT2D eigenvalue weighted by Gasteiger charge is -2.04. The Labute approximate surface area is 125 Å². The summed E-state index contributed by atoms with van der Waals surface area (Å²) in [6.07, 6.45) is 1.75. The van der Waals surface area contributed by atoms with Crippen LogP contribution in [0.5, 0.6) is 0 Å². The summed E-state index contributed by atoms with van der Waals surface area (Å²) < 4.78 is 6.45. The molecule has 0 aliphatic heterocycles. The van der Waals surface area contributed by atoms with Gasteiger partial charge in [-0.15, -0.1) is 11.3 Å². The van der Waals surface area contributed by atoms with Crippen molar-refractivity contribution in [1.82, 2.24) is 14.8 Å².